The first-order valence-electron chi connectivity index (χ1n) is 7.03. The zero-order chi connectivity index (χ0) is 14.8. The van der Waals surface area contributed by atoms with Crippen molar-refractivity contribution in [1.29, 1.82) is 0 Å². The van der Waals surface area contributed by atoms with Crippen LogP contribution in [-0.4, -0.2) is 25.2 Å². The summed E-state index contributed by atoms with van der Waals surface area (Å²) in [6.07, 6.45) is 3.42. The van der Waals surface area contributed by atoms with Crippen LogP contribution >= 0.6 is 27.3 Å². The van der Waals surface area contributed by atoms with Gasteiger partial charge < -0.3 is 15.8 Å². The molecule has 1 aromatic heterocycles. The molecule has 1 unspecified atom stereocenters. The van der Waals surface area contributed by atoms with Gasteiger partial charge in [-0.15, -0.1) is 11.3 Å². The molecule has 1 atom stereocenters. The molecule has 0 spiro atoms. The molecule has 1 fully saturated rings. The zero-order valence-electron chi connectivity index (χ0n) is 11.5. The molecule has 0 bridgehead atoms. The summed E-state index contributed by atoms with van der Waals surface area (Å²) in [5.41, 5.74) is 6.68. The van der Waals surface area contributed by atoms with Crippen LogP contribution in [0, 0.1) is 0 Å². The number of anilines is 1. The number of nitrogen functional groups attached to an aromatic ring is 1. The Balaban J connectivity index is 1.75. The molecule has 1 aliphatic rings. The molecule has 3 rings (SSSR count). The molecule has 2 heterocycles. The quantitative estimate of drug-likeness (QED) is 0.870. The van der Waals surface area contributed by atoms with Gasteiger partial charge in [0.1, 0.15) is 4.88 Å². The van der Waals surface area contributed by atoms with E-state index >= 15 is 0 Å². The van der Waals surface area contributed by atoms with Gasteiger partial charge in [-0.25, -0.2) is 0 Å². The van der Waals surface area contributed by atoms with Crippen molar-refractivity contribution in [2.75, 3.05) is 18.9 Å². The maximum Gasteiger partial charge on any atom is 0.263 e. The lowest BCUT2D eigenvalue weighted by atomic mass is 10.1. The van der Waals surface area contributed by atoms with E-state index in [9.17, 15) is 4.79 Å². The lowest BCUT2D eigenvalue weighted by molar-refractivity contribution is 0.0169. The first kappa shape index (κ1) is 14.8. The van der Waals surface area contributed by atoms with E-state index in [1.807, 2.05) is 18.2 Å². The molecule has 0 radical (unpaired) electrons. The Hall–Kier alpha value is -1.11. The summed E-state index contributed by atoms with van der Waals surface area (Å²) in [4.78, 5) is 12.9. The lowest BCUT2D eigenvalue weighted by Gasteiger charge is -2.22. The maximum absolute atomic E-state index is 12.3. The van der Waals surface area contributed by atoms with Crippen molar-refractivity contribution in [2.45, 2.75) is 25.4 Å². The molecule has 3 N–H and O–H groups in total. The van der Waals surface area contributed by atoms with Gasteiger partial charge in [0, 0.05) is 27.7 Å². The van der Waals surface area contributed by atoms with Crippen molar-refractivity contribution in [3.8, 4) is 0 Å². The van der Waals surface area contributed by atoms with E-state index in [1.165, 1.54) is 17.8 Å². The summed E-state index contributed by atoms with van der Waals surface area (Å²) in [5.74, 6) is -0.116. The Morgan fingerprint density at radius 2 is 2.33 bits per heavy atom. The molecule has 0 aliphatic carbocycles. The highest BCUT2D eigenvalue weighted by Gasteiger charge is 2.20. The van der Waals surface area contributed by atoms with Crippen LogP contribution in [0.1, 0.15) is 28.9 Å². The molecule has 2 aromatic rings. The highest BCUT2D eigenvalue weighted by molar-refractivity contribution is 9.10. The second-order valence-corrected chi connectivity index (χ2v) is 7.06. The predicted molar refractivity (Wildman–Crippen MR) is 89.9 cm³/mol. The number of hydrogen-bond donors (Lipinski definition) is 2. The normalized spacial score (nSPS) is 18.8. The number of amides is 1. The van der Waals surface area contributed by atoms with E-state index in [2.05, 4.69) is 21.2 Å². The molecular formula is C15H17BrN2O2S. The highest BCUT2D eigenvalue weighted by Crippen LogP contribution is 2.38. The number of hydrogen-bond acceptors (Lipinski definition) is 4. The van der Waals surface area contributed by atoms with Crippen LogP contribution in [0.15, 0.2) is 22.7 Å². The van der Waals surface area contributed by atoms with Crippen LogP contribution in [-0.2, 0) is 4.74 Å². The monoisotopic (exact) mass is 368 g/mol. The number of nitrogens with one attached hydrogen (secondary N) is 1. The molecule has 0 saturated carbocycles. The van der Waals surface area contributed by atoms with Crippen molar-refractivity contribution in [3.05, 3.63) is 27.5 Å². The van der Waals surface area contributed by atoms with Crippen LogP contribution in [0.25, 0.3) is 10.1 Å². The van der Waals surface area contributed by atoms with Gasteiger partial charge in [-0.2, -0.15) is 0 Å². The minimum atomic E-state index is -0.116. The Morgan fingerprint density at radius 3 is 3.05 bits per heavy atom. The van der Waals surface area contributed by atoms with Crippen molar-refractivity contribution >= 4 is 48.9 Å². The second-order valence-electron chi connectivity index (χ2n) is 5.16. The minimum absolute atomic E-state index is 0.116. The standard InChI is InChI=1S/C15H17BrN2O2S/c16-10-5-3-6-11-12(10)13(17)14(21-11)15(19)18-8-9-4-1-2-7-20-9/h3,5-6,9H,1-2,4,7-8,17H2,(H,18,19). The van der Waals surface area contributed by atoms with Crippen LogP contribution in [0.4, 0.5) is 5.69 Å². The third-order valence-corrected chi connectivity index (χ3v) is 5.50. The number of thiophene rings is 1. The molecule has 112 valence electrons. The summed E-state index contributed by atoms with van der Waals surface area (Å²) in [7, 11) is 0. The molecular weight excluding hydrogens is 352 g/mol. The first-order chi connectivity index (χ1) is 10.2. The Bertz CT molecular complexity index is 665. The van der Waals surface area contributed by atoms with Crippen molar-refractivity contribution in [1.82, 2.24) is 5.32 Å². The number of benzene rings is 1. The number of carbonyl (C=O) groups is 1. The Kier molecular flexibility index (Phi) is 4.47. The number of nitrogens with two attached hydrogens (primary N) is 1. The number of rotatable bonds is 3. The SMILES string of the molecule is Nc1c(C(=O)NCC2CCCCO2)sc2cccc(Br)c12. The lowest BCUT2D eigenvalue weighted by Crippen LogP contribution is -2.35. The summed E-state index contributed by atoms with van der Waals surface area (Å²) in [6.45, 7) is 1.34. The average Bonchev–Trinajstić information content (AvgIpc) is 2.84. The molecule has 1 aliphatic heterocycles. The smallest absolute Gasteiger partial charge is 0.263 e. The Labute approximate surface area is 135 Å². The second kappa shape index (κ2) is 6.34. The molecule has 21 heavy (non-hydrogen) atoms. The van der Waals surface area contributed by atoms with E-state index < -0.39 is 0 Å². The molecule has 6 heteroatoms. The van der Waals surface area contributed by atoms with Crippen molar-refractivity contribution in [3.63, 3.8) is 0 Å². The van der Waals surface area contributed by atoms with Crippen LogP contribution in [0.3, 0.4) is 0 Å². The van der Waals surface area contributed by atoms with Gasteiger partial charge >= 0.3 is 0 Å². The van der Waals surface area contributed by atoms with Crippen molar-refractivity contribution < 1.29 is 9.53 Å². The van der Waals surface area contributed by atoms with E-state index in [1.54, 1.807) is 0 Å². The fourth-order valence-corrected chi connectivity index (χ4v) is 4.33. The largest absolute Gasteiger partial charge is 0.397 e. The average molecular weight is 369 g/mol. The number of fused-ring (bicyclic) bond motifs is 1. The molecule has 1 amide bonds. The number of carbonyl (C=O) groups excluding carboxylic acids is 1. The van der Waals surface area contributed by atoms with E-state index in [0.717, 1.165) is 34.0 Å². The molecule has 4 nitrogen and oxygen atoms in total. The fraction of sp³-hybridized carbons (Fsp3) is 0.400. The minimum Gasteiger partial charge on any atom is -0.397 e. The van der Waals surface area contributed by atoms with Crippen molar-refractivity contribution in [2.24, 2.45) is 0 Å². The Morgan fingerprint density at radius 1 is 1.48 bits per heavy atom. The van der Waals surface area contributed by atoms with Gasteiger partial charge in [-0.3, -0.25) is 4.79 Å². The third-order valence-electron chi connectivity index (χ3n) is 3.67. The first-order valence-corrected chi connectivity index (χ1v) is 8.64. The van der Waals surface area contributed by atoms with Gasteiger partial charge in [-0.05, 0) is 31.4 Å². The topological polar surface area (TPSA) is 64.4 Å². The maximum atomic E-state index is 12.3. The van der Waals surface area contributed by atoms with Gasteiger partial charge in [-0.1, -0.05) is 22.0 Å². The number of ether oxygens (including phenoxy) is 1. The molecule has 1 saturated heterocycles. The van der Waals surface area contributed by atoms with Gasteiger partial charge in [0.05, 0.1) is 11.8 Å². The van der Waals surface area contributed by atoms with E-state index in [4.69, 9.17) is 10.5 Å². The molecule has 1 aromatic carbocycles. The summed E-state index contributed by atoms with van der Waals surface area (Å²) < 4.78 is 7.56. The highest BCUT2D eigenvalue weighted by atomic mass is 79.9. The number of halogens is 1. The summed E-state index contributed by atoms with van der Waals surface area (Å²) >= 11 is 4.91. The van der Waals surface area contributed by atoms with Crippen LogP contribution < -0.4 is 11.1 Å². The van der Waals surface area contributed by atoms with Gasteiger partial charge in [0.15, 0.2) is 0 Å². The predicted octanol–water partition coefficient (Wildman–Crippen LogP) is 3.54. The van der Waals surface area contributed by atoms with Gasteiger partial charge in [0.2, 0.25) is 0 Å². The van der Waals surface area contributed by atoms with Crippen LogP contribution in [0.5, 0.6) is 0 Å². The third kappa shape index (κ3) is 3.07. The fourth-order valence-electron chi connectivity index (χ4n) is 2.55. The van der Waals surface area contributed by atoms with E-state index in [-0.39, 0.29) is 12.0 Å². The van der Waals surface area contributed by atoms with Crippen LogP contribution in [0.2, 0.25) is 0 Å². The summed E-state index contributed by atoms with van der Waals surface area (Å²) in [6, 6.07) is 5.85. The van der Waals surface area contributed by atoms with Gasteiger partial charge in [0.25, 0.3) is 5.91 Å². The van der Waals surface area contributed by atoms with E-state index in [0.29, 0.717) is 17.1 Å². The summed E-state index contributed by atoms with van der Waals surface area (Å²) in [5, 5.41) is 3.86. The zero-order valence-corrected chi connectivity index (χ0v) is 13.9.